The van der Waals surface area contributed by atoms with Crippen molar-refractivity contribution in [1.82, 2.24) is 9.55 Å². The lowest BCUT2D eigenvalue weighted by atomic mass is 10.1. The second-order valence-electron chi connectivity index (χ2n) is 7.35. The molecule has 1 amide bonds. The molecule has 0 aliphatic rings. The topological polar surface area (TPSA) is 46.9 Å². The first-order chi connectivity index (χ1) is 14.6. The van der Waals surface area contributed by atoms with Crippen LogP contribution >= 0.6 is 11.8 Å². The summed E-state index contributed by atoms with van der Waals surface area (Å²) >= 11 is 1.47. The normalized spacial score (nSPS) is 11.0. The van der Waals surface area contributed by atoms with E-state index in [2.05, 4.69) is 54.1 Å². The lowest BCUT2D eigenvalue weighted by Gasteiger charge is -2.10. The minimum Gasteiger partial charge on any atom is -0.325 e. The zero-order chi connectivity index (χ0) is 20.9. The molecule has 5 heteroatoms. The average molecular weight is 416 g/mol. The molecule has 0 aliphatic carbocycles. The molecule has 0 saturated carbocycles. The zero-order valence-electron chi connectivity index (χ0n) is 17.3. The predicted molar refractivity (Wildman–Crippen MR) is 125 cm³/mol. The molecule has 30 heavy (non-hydrogen) atoms. The van der Waals surface area contributed by atoms with Crippen LogP contribution in [0.1, 0.15) is 23.6 Å². The molecule has 4 aromatic rings. The molecular weight excluding hydrogens is 390 g/mol. The van der Waals surface area contributed by atoms with Gasteiger partial charge in [-0.3, -0.25) is 4.79 Å². The van der Waals surface area contributed by atoms with Gasteiger partial charge in [0.15, 0.2) is 5.16 Å². The molecular formula is C25H25N3OS. The van der Waals surface area contributed by atoms with Crippen LogP contribution in [0.5, 0.6) is 0 Å². The van der Waals surface area contributed by atoms with Crippen LogP contribution in [-0.4, -0.2) is 21.2 Å². The summed E-state index contributed by atoms with van der Waals surface area (Å²) < 4.78 is 2.19. The van der Waals surface area contributed by atoms with Gasteiger partial charge in [-0.15, -0.1) is 0 Å². The number of carbonyl (C=O) groups is 1. The third kappa shape index (κ3) is 4.74. The van der Waals surface area contributed by atoms with Gasteiger partial charge in [0.05, 0.1) is 23.3 Å². The first kappa shape index (κ1) is 20.2. The van der Waals surface area contributed by atoms with Crippen LogP contribution in [-0.2, 0) is 17.8 Å². The largest absolute Gasteiger partial charge is 0.325 e. The van der Waals surface area contributed by atoms with Crippen molar-refractivity contribution in [2.75, 3.05) is 11.1 Å². The molecule has 0 unspecified atom stereocenters. The van der Waals surface area contributed by atoms with Crippen molar-refractivity contribution in [2.24, 2.45) is 0 Å². The van der Waals surface area contributed by atoms with Gasteiger partial charge in [-0.05, 0) is 48.7 Å². The van der Waals surface area contributed by atoms with E-state index in [0.29, 0.717) is 5.75 Å². The highest BCUT2D eigenvalue weighted by Crippen LogP contribution is 2.25. The molecule has 3 aromatic carbocycles. The number of amides is 1. The number of carbonyl (C=O) groups excluding carboxylic acids is 1. The maximum Gasteiger partial charge on any atom is 0.234 e. The second kappa shape index (κ2) is 9.18. The number of aromatic nitrogens is 2. The number of rotatable bonds is 7. The number of hydrogen-bond acceptors (Lipinski definition) is 3. The minimum atomic E-state index is -0.0292. The van der Waals surface area contributed by atoms with Crippen LogP contribution in [0.15, 0.2) is 78.0 Å². The van der Waals surface area contributed by atoms with E-state index < -0.39 is 0 Å². The molecule has 1 N–H and O–H groups in total. The van der Waals surface area contributed by atoms with Crippen molar-refractivity contribution in [3.8, 4) is 0 Å². The molecule has 1 heterocycles. The van der Waals surface area contributed by atoms with E-state index >= 15 is 0 Å². The Morgan fingerprint density at radius 3 is 2.57 bits per heavy atom. The summed E-state index contributed by atoms with van der Waals surface area (Å²) in [7, 11) is 0. The summed E-state index contributed by atoms with van der Waals surface area (Å²) in [5.74, 6) is 0.283. The summed E-state index contributed by atoms with van der Waals surface area (Å²) in [5, 5.41) is 3.83. The molecule has 0 aliphatic heterocycles. The standard InChI is InChI=1S/C25H25N3OS/c1-3-19-11-13-21(14-12-19)26-24(29)17-30-25-27-22-9-4-5-10-23(22)28(25)16-20-8-6-7-18(2)15-20/h4-15H,3,16-17H2,1-2H3,(H,26,29). The highest BCUT2D eigenvalue weighted by atomic mass is 32.2. The van der Waals surface area contributed by atoms with Crippen LogP contribution in [0.2, 0.25) is 0 Å². The SMILES string of the molecule is CCc1ccc(NC(=O)CSc2nc3ccccc3n2Cc2cccc(C)c2)cc1. The Kier molecular flexibility index (Phi) is 6.19. The lowest BCUT2D eigenvalue weighted by molar-refractivity contribution is -0.113. The number of para-hydroxylation sites is 2. The van der Waals surface area contributed by atoms with Crippen LogP contribution in [0.3, 0.4) is 0 Å². The molecule has 0 bridgehead atoms. The smallest absolute Gasteiger partial charge is 0.234 e. The van der Waals surface area contributed by atoms with Gasteiger partial charge >= 0.3 is 0 Å². The number of nitrogens with one attached hydrogen (secondary N) is 1. The van der Waals surface area contributed by atoms with Crippen LogP contribution < -0.4 is 5.32 Å². The van der Waals surface area contributed by atoms with E-state index in [0.717, 1.165) is 34.8 Å². The van der Waals surface area contributed by atoms with Gasteiger partial charge in [0.1, 0.15) is 0 Å². The van der Waals surface area contributed by atoms with Gasteiger partial charge in [0.2, 0.25) is 5.91 Å². The summed E-state index contributed by atoms with van der Waals surface area (Å²) in [6, 6.07) is 24.6. The number of benzene rings is 3. The van der Waals surface area contributed by atoms with Crippen molar-refractivity contribution in [3.63, 3.8) is 0 Å². The van der Waals surface area contributed by atoms with Crippen molar-refractivity contribution in [1.29, 1.82) is 0 Å². The summed E-state index contributed by atoms with van der Waals surface area (Å²) in [6.07, 6.45) is 0.987. The van der Waals surface area contributed by atoms with E-state index in [-0.39, 0.29) is 5.91 Å². The number of hydrogen-bond donors (Lipinski definition) is 1. The van der Waals surface area contributed by atoms with Crippen molar-refractivity contribution in [2.45, 2.75) is 32.0 Å². The van der Waals surface area contributed by atoms with Gasteiger partial charge in [-0.2, -0.15) is 0 Å². The first-order valence-electron chi connectivity index (χ1n) is 10.1. The molecule has 0 atom stereocenters. The molecule has 152 valence electrons. The van der Waals surface area contributed by atoms with Gasteiger partial charge in [0.25, 0.3) is 0 Å². The van der Waals surface area contributed by atoms with Gasteiger partial charge in [0, 0.05) is 5.69 Å². The Balaban J connectivity index is 1.51. The maximum atomic E-state index is 12.5. The molecule has 0 radical (unpaired) electrons. The maximum absolute atomic E-state index is 12.5. The fourth-order valence-electron chi connectivity index (χ4n) is 3.46. The average Bonchev–Trinajstić information content (AvgIpc) is 3.10. The van der Waals surface area contributed by atoms with E-state index in [1.807, 2.05) is 42.5 Å². The predicted octanol–water partition coefficient (Wildman–Crippen LogP) is 5.69. The number of thioether (sulfide) groups is 1. The monoisotopic (exact) mass is 415 g/mol. The van der Waals surface area contributed by atoms with E-state index in [1.165, 1.54) is 28.5 Å². The quantitative estimate of drug-likeness (QED) is 0.395. The van der Waals surface area contributed by atoms with Crippen molar-refractivity contribution < 1.29 is 4.79 Å². The summed E-state index contributed by atoms with van der Waals surface area (Å²) in [6.45, 7) is 4.94. The molecule has 0 fully saturated rings. The third-order valence-electron chi connectivity index (χ3n) is 5.02. The van der Waals surface area contributed by atoms with Crippen LogP contribution in [0.25, 0.3) is 11.0 Å². The minimum absolute atomic E-state index is 0.0292. The van der Waals surface area contributed by atoms with Crippen LogP contribution in [0, 0.1) is 6.92 Å². The Morgan fingerprint density at radius 1 is 1.00 bits per heavy atom. The van der Waals surface area contributed by atoms with Crippen LogP contribution in [0.4, 0.5) is 5.69 Å². The highest BCUT2D eigenvalue weighted by Gasteiger charge is 2.13. The van der Waals surface area contributed by atoms with Crippen molar-refractivity contribution >= 4 is 34.4 Å². The second-order valence-corrected chi connectivity index (χ2v) is 8.29. The molecule has 4 nitrogen and oxygen atoms in total. The molecule has 0 saturated heterocycles. The number of nitrogens with zero attached hydrogens (tertiary/aromatic N) is 2. The summed E-state index contributed by atoms with van der Waals surface area (Å²) in [5.41, 5.74) is 6.57. The fourth-order valence-corrected chi connectivity index (χ4v) is 4.27. The van der Waals surface area contributed by atoms with E-state index in [9.17, 15) is 4.79 Å². The Hall–Kier alpha value is -3.05. The molecule has 4 rings (SSSR count). The van der Waals surface area contributed by atoms with E-state index in [4.69, 9.17) is 4.98 Å². The van der Waals surface area contributed by atoms with E-state index in [1.54, 1.807) is 0 Å². The number of imidazole rings is 1. The Morgan fingerprint density at radius 2 is 1.80 bits per heavy atom. The first-order valence-corrected chi connectivity index (χ1v) is 11.1. The lowest BCUT2D eigenvalue weighted by Crippen LogP contribution is -2.14. The summed E-state index contributed by atoms with van der Waals surface area (Å²) in [4.78, 5) is 17.3. The Labute approximate surface area is 181 Å². The van der Waals surface area contributed by atoms with Crippen molar-refractivity contribution in [3.05, 3.63) is 89.5 Å². The van der Waals surface area contributed by atoms with Gasteiger partial charge in [-0.1, -0.05) is 72.8 Å². The van der Waals surface area contributed by atoms with Gasteiger partial charge < -0.3 is 9.88 Å². The highest BCUT2D eigenvalue weighted by molar-refractivity contribution is 7.99. The number of fused-ring (bicyclic) bond motifs is 1. The zero-order valence-corrected chi connectivity index (χ0v) is 18.1. The Bertz CT molecular complexity index is 1160. The number of aryl methyl sites for hydroxylation is 2. The molecule has 0 spiro atoms. The third-order valence-corrected chi connectivity index (χ3v) is 6.00. The molecule has 1 aromatic heterocycles. The van der Waals surface area contributed by atoms with Gasteiger partial charge in [-0.25, -0.2) is 4.98 Å². The fraction of sp³-hybridized carbons (Fsp3) is 0.200. The number of anilines is 1.